The lowest BCUT2D eigenvalue weighted by molar-refractivity contribution is -0.0502. The maximum atomic E-state index is 12.1. The molecule has 0 aliphatic heterocycles. The predicted octanol–water partition coefficient (Wildman–Crippen LogP) is 2.76. The van der Waals surface area contributed by atoms with Gasteiger partial charge in [0.2, 0.25) is 0 Å². The van der Waals surface area contributed by atoms with Crippen LogP contribution in [0.15, 0.2) is 12.1 Å². The summed E-state index contributed by atoms with van der Waals surface area (Å²) < 4.78 is 28.5. The molecule has 1 heterocycles. The largest absolute Gasteiger partial charge is 0.504 e. The van der Waals surface area contributed by atoms with E-state index in [-0.39, 0.29) is 17.0 Å². The molecule has 2 rings (SSSR count). The van der Waals surface area contributed by atoms with Crippen molar-refractivity contribution in [2.75, 3.05) is 0 Å². The maximum Gasteiger partial charge on any atom is 0.387 e. The summed E-state index contributed by atoms with van der Waals surface area (Å²) in [6.45, 7) is -3.00. The summed E-state index contributed by atoms with van der Waals surface area (Å²) in [5, 5.41) is 9.87. The fourth-order valence-corrected chi connectivity index (χ4v) is 1.62. The van der Waals surface area contributed by atoms with Crippen LogP contribution in [-0.4, -0.2) is 21.7 Å². The molecule has 0 amide bonds. The number of aromatic nitrogens is 2. The highest BCUT2D eigenvalue weighted by molar-refractivity contribution is 9.08. The number of nitrogens with zero attached hydrogens (tertiary/aromatic N) is 1. The summed E-state index contributed by atoms with van der Waals surface area (Å²) in [6, 6.07) is 2.82. The Morgan fingerprint density at radius 3 is 2.88 bits per heavy atom. The Balaban J connectivity index is 2.58. The fraction of sp³-hybridized carbons (Fsp3) is 0.222. The Kier molecular flexibility index (Phi) is 2.95. The van der Waals surface area contributed by atoms with E-state index in [4.69, 9.17) is 0 Å². The van der Waals surface area contributed by atoms with E-state index in [1.165, 1.54) is 6.07 Å². The van der Waals surface area contributed by atoms with E-state index in [2.05, 4.69) is 30.6 Å². The number of hydrogen-bond acceptors (Lipinski definition) is 3. The molecule has 0 aliphatic carbocycles. The van der Waals surface area contributed by atoms with Gasteiger partial charge in [-0.2, -0.15) is 8.78 Å². The zero-order valence-corrected chi connectivity index (χ0v) is 9.46. The molecule has 1 aromatic heterocycles. The lowest BCUT2D eigenvalue weighted by atomic mass is 10.3. The monoisotopic (exact) mass is 292 g/mol. The highest BCUT2D eigenvalue weighted by atomic mass is 79.9. The van der Waals surface area contributed by atoms with Crippen LogP contribution in [0.25, 0.3) is 11.0 Å². The second kappa shape index (κ2) is 4.25. The SMILES string of the molecule is Oc1ccc2[nH]c(CBr)nc2c1OC(F)F. The van der Waals surface area contributed by atoms with Gasteiger partial charge in [0.05, 0.1) is 10.8 Å². The number of phenols is 1. The number of halogens is 3. The first kappa shape index (κ1) is 11.1. The molecule has 0 saturated heterocycles. The van der Waals surface area contributed by atoms with Crippen molar-refractivity contribution in [2.24, 2.45) is 0 Å². The molecular weight excluding hydrogens is 286 g/mol. The number of imidazole rings is 1. The first-order valence-electron chi connectivity index (χ1n) is 4.33. The molecule has 4 nitrogen and oxygen atoms in total. The molecule has 1 aromatic carbocycles. The average Bonchev–Trinajstić information content (AvgIpc) is 2.65. The third-order valence-electron chi connectivity index (χ3n) is 1.97. The van der Waals surface area contributed by atoms with E-state index in [1.54, 1.807) is 6.07 Å². The second-order valence-electron chi connectivity index (χ2n) is 3.01. The van der Waals surface area contributed by atoms with E-state index in [1.807, 2.05) is 0 Å². The number of benzene rings is 1. The minimum absolute atomic E-state index is 0.190. The van der Waals surface area contributed by atoms with Crippen LogP contribution in [-0.2, 0) is 5.33 Å². The number of rotatable bonds is 3. The third kappa shape index (κ3) is 1.95. The van der Waals surface area contributed by atoms with Gasteiger partial charge in [0, 0.05) is 0 Å². The van der Waals surface area contributed by atoms with Crippen LogP contribution in [0.1, 0.15) is 5.82 Å². The second-order valence-corrected chi connectivity index (χ2v) is 3.57. The van der Waals surface area contributed by atoms with Gasteiger partial charge in [0.25, 0.3) is 0 Å². The first-order chi connectivity index (χ1) is 7.61. The predicted molar refractivity (Wildman–Crippen MR) is 57.0 cm³/mol. The molecule has 0 saturated carbocycles. The van der Waals surface area contributed by atoms with Gasteiger partial charge >= 0.3 is 6.61 Å². The molecule has 86 valence electrons. The molecule has 0 bridgehead atoms. The van der Waals surface area contributed by atoms with E-state index in [0.717, 1.165) is 0 Å². The number of phenolic OH excluding ortho intramolecular Hbond substituents is 1. The van der Waals surface area contributed by atoms with Crippen LogP contribution in [0, 0.1) is 0 Å². The standard InChI is InChI=1S/C9H7BrF2N2O2/c10-3-6-13-4-1-2-5(15)8(7(4)14-6)16-9(11)12/h1-2,9,15H,3H2,(H,13,14). The Hall–Kier alpha value is -1.37. The number of aromatic hydroxyl groups is 1. The zero-order chi connectivity index (χ0) is 11.7. The van der Waals surface area contributed by atoms with Crippen molar-refractivity contribution in [3.63, 3.8) is 0 Å². The molecule has 0 fully saturated rings. The van der Waals surface area contributed by atoms with E-state index in [9.17, 15) is 13.9 Å². The van der Waals surface area contributed by atoms with Crippen LogP contribution in [0.3, 0.4) is 0 Å². The number of ether oxygens (including phenoxy) is 1. The Morgan fingerprint density at radius 1 is 1.50 bits per heavy atom. The summed E-state index contributed by atoms with van der Waals surface area (Å²) in [4.78, 5) is 6.92. The van der Waals surface area contributed by atoms with Crippen molar-refractivity contribution >= 4 is 27.0 Å². The van der Waals surface area contributed by atoms with Crippen LogP contribution in [0.4, 0.5) is 8.78 Å². The quantitative estimate of drug-likeness (QED) is 0.855. The molecule has 7 heteroatoms. The number of nitrogens with one attached hydrogen (secondary N) is 1. The molecule has 0 spiro atoms. The third-order valence-corrected chi connectivity index (χ3v) is 2.50. The first-order valence-corrected chi connectivity index (χ1v) is 5.45. The van der Waals surface area contributed by atoms with Gasteiger partial charge in [-0.1, -0.05) is 15.9 Å². The Morgan fingerprint density at radius 2 is 2.25 bits per heavy atom. The molecular formula is C9H7BrF2N2O2. The molecule has 2 aromatic rings. The van der Waals surface area contributed by atoms with Crippen LogP contribution in [0.5, 0.6) is 11.5 Å². The normalized spacial score (nSPS) is 11.2. The number of fused-ring (bicyclic) bond motifs is 1. The fourth-order valence-electron chi connectivity index (χ4n) is 1.36. The summed E-state index contributed by atoms with van der Waals surface area (Å²) in [7, 11) is 0. The van der Waals surface area contributed by atoms with Gasteiger partial charge in [-0.25, -0.2) is 4.98 Å². The van der Waals surface area contributed by atoms with Gasteiger partial charge in [-0.15, -0.1) is 0 Å². The number of aromatic amines is 1. The topological polar surface area (TPSA) is 58.1 Å². The smallest absolute Gasteiger partial charge is 0.387 e. The van der Waals surface area contributed by atoms with Gasteiger partial charge in [0.15, 0.2) is 11.5 Å². The van der Waals surface area contributed by atoms with Crippen molar-refractivity contribution in [2.45, 2.75) is 11.9 Å². The summed E-state index contributed by atoms with van der Waals surface area (Å²) in [6.07, 6.45) is 0. The highest BCUT2D eigenvalue weighted by Gasteiger charge is 2.16. The summed E-state index contributed by atoms with van der Waals surface area (Å²) >= 11 is 3.18. The molecule has 0 atom stereocenters. The van der Waals surface area contributed by atoms with Crippen molar-refractivity contribution in [3.05, 3.63) is 18.0 Å². The van der Waals surface area contributed by atoms with Crippen molar-refractivity contribution in [1.29, 1.82) is 0 Å². The summed E-state index contributed by atoms with van der Waals surface area (Å²) in [5.74, 6) is -0.101. The molecule has 0 radical (unpaired) electrons. The average molecular weight is 293 g/mol. The zero-order valence-electron chi connectivity index (χ0n) is 7.88. The van der Waals surface area contributed by atoms with E-state index in [0.29, 0.717) is 16.7 Å². The van der Waals surface area contributed by atoms with Crippen molar-refractivity contribution in [1.82, 2.24) is 9.97 Å². The van der Waals surface area contributed by atoms with E-state index < -0.39 is 6.61 Å². The van der Waals surface area contributed by atoms with Crippen molar-refractivity contribution < 1.29 is 18.6 Å². The van der Waals surface area contributed by atoms with Gasteiger partial charge < -0.3 is 14.8 Å². The Bertz CT molecular complexity index is 515. The molecule has 16 heavy (non-hydrogen) atoms. The Labute approximate surface area is 97.4 Å². The lowest BCUT2D eigenvalue weighted by Gasteiger charge is -2.06. The lowest BCUT2D eigenvalue weighted by Crippen LogP contribution is -2.02. The van der Waals surface area contributed by atoms with Crippen LogP contribution >= 0.6 is 15.9 Å². The maximum absolute atomic E-state index is 12.1. The molecule has 0 aliphatic rings. The molecule has 0 unspecified atom stereocenters. The number of H-pyrrole nitrogens is 1. The van der Waals surface area contributed by atoms with E-state index >= 15 is 0 Å². The number of alkyl halides is 3. The minimum Gasteiger partial charge on any atom is -0.504 e. The molecule has 2 N–H and O–H groups in total. The number of hydrogen-bond donors (Lipinski definition) is 2. The van der Waals surface area contributed by atoms with Crippen LogP contribution < -0.4 is 4.74 Å². The van der Waals surface area contributed by atoms with Gasteiger partial charge in [0.1, 0.15) is 11.3 Å². The highest BCUT2D eigenvalue weighted by Crippen LogP contribution is 2.34. The van der Waals surface area contributed by atoms with Gasteiger partial charge in [-0.05, 0) is 12.1 Å². The van der Waals surface area contributed by atoms with Gasteiger partial charge in [-0.3, -0.25) is 0 Å². The van der Waals surface area contributed by atoms with Crippen LogP contribution in [0.2, 0.25) is 0 Å². The summed E-state index contributed by atoms with van der Waals surface area (Å²) in [5.41, 5.74) is 0.720. The van der Waals surface area contributed by atoms with Crippen molar-refractivity contribution in [3.8, 4) is 11.5 Å². The minimum atomic E-state index is -3.00.